The number of ether oxygens (including phenoxy) is 1. The molecule has 0 saturated carbocycles. The van der Waals surface area contributed by atoms with Crippen molar-refractivity contribution in [2.24, 2.45) is 5.41 Å². The largest absolute Gasteiger partial charge is 0.497 e. The lowest BCUT2D eigenvalue weighted by atomic mass is 9.79. The summed E-state index contributed by atoms with van der Waals surface area (Å²) < 4.78 is 5.36. The number of urea groups is 1. The first-order valence-corrected chi connectivity index (χ1v) is 10.1. The summed E-state index contributed by atoms with van der Waals surface area (Å²) in [5, 5.41) is 0. The van der Waals surface area contributed by atoms with Gasteiger partial charge in [0.2, 0.25) is 0 Å². The molecular weight excluding hydrogens is 326 g/mol. The number of nitrogens with zero attached hydrogens (tertiary/aromatic N) is 3. The molecule has 0 aromatic heterocycles. The molecule has 3 heterocycles. The first kappa shape index (κ1) is 17.7. The molecule has 1 aromatic rings. The van der Waals surface area contributed by atoms with E-state index in [9.17, 15) is 4.79 Å². The Hall–Kier alpha value is -1.75. The highest BCUT2D eigenvalue weighted by Crippen LogP contribution is 2.40. The lowest BCUT2D eigenvalue weighted by molar-refractivity contribution is 0.0873. The van der Waals surface area contributed by atoms with Crippen molar-refractivity contribution in [1.29, 1.82) is 0 Å². The van der Waals surface area contributed by atoms with Crippen molar-refractivity contribution in [3.63, 3.8) is 0 Å². The highest BCUT2D eigenvalue weighted by molar-refractivity contribution is 5.75. The van der Waals surface area contributed by atoms with Crippen molar-refractivity contribution in [1.82, 2.24) is 14.7 Å². The van der Waals surface area contributed by atoms with Crippen molar-refractivity contribution in [3.05, 3.63) is 29.8 Å². The van der Waals surface area contributed by atoms with Crippen molar-refractivity contribution in [2.75, 3.05) is 46.4 Å². The second-order valence-corrected chi connectivity index (χ2v) is 8.31. The molecule has 3 saturated heterocycles. The van der Waals surface area contributed by atoms with Crippen LogP contribution in [-0.4, -0.2) is 67.1 Å². The Morgan fingerprint density at radius 1 is 1.04 bits per heavy atom. The summed E-state index contributed by atoms with van der Waals surface area (Å²) in [7, 11) is 1.72. The zero-order valence-electron chi connectivity index (χ0n) is 16.0. The van der Waals surface area contributed by atoms with Gasteiger partial charge in [-0.2, -0.15) is 0 Å². The van der Waals surface area contributed by atoms with Gasteiger partial charge in [0.15, 0.2) is 0 Å². The molecule has 0 aliphatic carbocycles. The second kappa shape index (κ2) is 7.47. The van der Waals surface area contributed by atoms with Gasteiger partial charge >= 0.3 is 6.03 Å². The zero-order valence-corrected chi connectivity index (χ0v) is 16.0. The summed E-state index contributed by atoms with van der Waals surface area (Å²) in [4.78, 5) is 19.5. The van der Waals surface area contributed by atoms with Crippen LogP contribution in [0.3, 0.4) is 0 Å². The van der Waals surface area contributed by atoms with Gasteiger partial charge in [0.05, 0.1) is 7.11 Å². The number of piperidine rings is 1. The van der Waals surface area contributed by atoms with Gasteiger partial charge in [-0.05, 0) is 56.3 Å². The number of carbonyl (C=O) groups is 1. The predicted octanol–water partition coefficient (Wildman–Crippen LogP) is 3.20. The molecule has 2 amide bonds. The van der Waals surface area contributed by atoms with Gasteiger partial charge in [-0.15, -0.1) is 0 Å². The Bertz CT molecular complexity index is 644. The summed E-state index contributed by atoms with van der Waals surface area (Å²) in [6, 6.07) is 8.67. The number of benzene rings is 1. The van der Waals surface area contributed by atoms with E-state index >= 15 is 0 Å². The molecule has 3 fully saturated rings. The summed E-state index contributed by atoms with van der Waals surface area (Å²) in [5.41, 5.74) is 1.61. The van der Waals surface area contributed by atoms with E-state index in [4.69, 9.17) is 4.74 Å². The quantitative estimate of drug-likeness (QED) is 0.833. The molecule has 0 bridgehead atoms. The van der Waals surface area contributed by atoms with Gasteiger partial charge < -0.3 is 14.5 Å². The maximum atomic E-state index is 12.7. The third-order valence-corrected chi connectivity index (χ3v) is 6.37. The lowest BCUT2D eigenvalue weighted by Crippen LogP contribution is -2.46. The number of likely N-dealkylation sites (tertiary alicyclic amines) is 3. The van der Waals surface area contributed by atoms with E-state index in [1.54, 1.807) is 7.11 Å². The predicted molar refractivity (Wildman–Crippen MR) is 102 cm³/mol. The fraction of sp³-hybridized carbons (Fsp3) is 0.667. The third kappa shape index (κ3) is 3.68. The van der Waals surface area contributed by atoms with E-state index in [-0.39, 0.29) is 6.03 Å². The number of carbonyl (C=O) groups excluding carboxylic acids is 1. The Balaban J connectivity index is 1.37. The Morgan fingerprint density at radius 3 is 2.69 bits per heavy atom. The summed E-state index contributed by atoms with van der Waals surface area (Å²) in [6.07, 6.45) is 5.97. The molecule has 3 aliphatic rings. The SMILES string of the molecule is COc1cccc(CN2CCC[C@]3(CCN(C(=O)N4CCCC4)C3)C2)c1. The number of hydrogen-bond donors (Lipinski definition) is 0. The van der Waals surface area contributed by atoms with E-state index < -0.39 is 0 Å². The maximum absolute atomic E-state index is 12.7. The van der Waals surface area contributed by atoms with E-state index in [2.05, 4.69) is 32.9 Å². The van der Waals surface area contributed by atoms with Gasteiger partial charge in [-0.25, -0.2) is 4.79 Å². The minimum Gasteiger partial charge on any atom is -0.497 e. The van der Waals surface area contributed by atoms with Gasteiger partial charge in [0, 0.05) is 44.7 Å². The average molecular weight is 357 g/mol. The van der Waals surface area contributed by atoms with Crippen molar-refractivity contribution in [3.8, 4) is 5.75 Å². The van der Waals surface area contributed by atoms with Crippen LogP contribution in [0.2, 0.25) is 0 Å². The van der Waals surface area contributed by atoms with Crippen LogP contribution in [0.5, 0.6) is 5.75 Å². The molecule has 142 valence electrons. The highest BCUT2D eigenvalue weighted by Gasteiger charge is 2.43. The van der Waals surface area contributed by atoms with Crippen LogP contribution in [0.25, 0.3) is 0 Å². The maximum Gasteiger partial charge on any atom is 0.320 e. The molecule has 5 heteroatoms. The topological polar surface area (TPSA) is 36.0 Å². The molecule has 26 heavy (non-hydrogen) atoms. The molecule has 1 spiro atoms. The molecule has 0 N–H and O–H groups in total. The Morgan fingerprint density at radius 2 is 1.88 bits per heavy atom. The van der Waals surface area contributed by atoms with E-state index in [1.807, 2.05) is 6.07 Å². The molecule has 0 unspecified atom stereocenters. The fourth-order valence-corrected chi connectivity index (χ4v) is 5.01. The third-order valence-electron chi connectivity index (χ3n) is 6.37. The van der Waals surface area contributed by atoms with Gasteiger partial charge in [0.1, 0.15) is 5.75 Å². The minimum absolute atomic E-state index is 0.282. The Kier molecular flexibility index (Phi) is 5.07. The monoisotopic (exact) mass is 357 g/mol. The van der Waals surface area contributed by atoms with Gasteiger partial charge in [-0.1, -0.05) is 12.1 Å². The van der Waals surface area contributed by atoms with Crippen LogP contribution < -0.4 is 4.74 Å². The van der Waals surface area contributed by atoms with Crippen LogP contribution in [0, 0.1) is 5.41 Å². The number of hydrogen-bond acceptors (Lipinski definition) is 3. The van der Waals surface area contributed by atoms with Crippen LogP contribution >= 0.6 is 0 Å². The number of rotatable bonds is 3. The Labute approximate surface area is 156 Å². The first-order valence-electron chi connectivity index (χ1n) is 10.1. The van der Waals surface area contributed by atoms with Crippen molar-refractivity contribution in [2.45, 2.75) is 38.6 Å². The zero-order chi connectivity index (χ0) is 18.0. The smallest absolute Gasteiger partial charge is 0.320 e. The number of methoxy groups -OCH3 is 1. The van der Waals surface area contributed by atoms with Crippen molar-refractivity contribution < 1.29 is 9.53 Å². The molecule has 5 nitrogen and oxygen atoms in total. The standard InChI is InChI=1S/C21H31N3O2/c1-26-19-7-4-6-18(14-19)15-22-10-5-8-21(16-22)9-13-24(17-21)20(25)23-11-2-3-12-23/h4,6-7,14H,2-3,5,8-13,15-17H2,1H3/t21-/m0/s1. The molecule has 1 atom stereocenters. The van der Waals surface area contributed by atoms with Crippen LogP contribution in [0.4, 0.5) is 4.79 Å². The van der Waals surface area contributed by atoms with Gasteiger partial charge in [0.25, 0.3) is 0 Å². The minimum atomic E-state index is 0.282. The fourth-order valence-electron chi connectivity index (χ4n) is 5.01. The van der Waals surface area contributed by atoms with Gasteiger partial charge in [-0.3, -0.25) is 4.90 Å². The molecule has 3 aliphatic heterocycles. The van der Waals surface area contributed by atoms with Crippen LogP contribution in [-0.2, 0) is 6.54 Å². The summed E-state index contributed by atoms with van der Waals surface area (Å²) in [5.74, 6) is 0.928. The van der Waals surface area contributed by atoms with Crippen LogP contribution in [0.15, 0.2) is 24.3 Å². The highest BCUT2D eigenvalue weighted by atomic mass is 16.5. The summed E-state index contributed by atoms with van der Waals surface area (Å²) >= 11 is 0. The normalized spacial score (nSPS) is 26.7. The first-order chi connectivity index (χ1) is 12.7. The van der Waals surface area contributed by atoms with E-state index in [0.717, 1.165) is 58.0 Å². The molecule has 0 radical (unpaired) electrons. The van der Waals surface area contributed by atoms with E-state index in [1.165, 1.54) is 31.2 Å². The van der Waals surface area contributed by atoms with Crippen LogP contribution in [0.1, 0.15) is 37.7 Å². The lowest BCUT2D eigenvalue weighted by Gasteiger charge is -2.40. The summed E-state index contributed by atoms with van der Waals surface area (Å²) in [6.45, 7) is 7.00. The molecular formula is C21H31N3O2. The number of amides is 2. The van der Waals surface area contributed by atoms with Crippen molar-refractivity contribution >= 4 is 6.03 Å². The average Bonchev–Trinajstić information content (AvgIpc) is 3.32. The molecule has 1 aromatic carbocycles. The second-order valence-electron chi connectivity index (χ2n) is 8.31. The van der Waals surface area contributed by atoms with E-state index in [0.29, 0.717) is 5.41 Å². The molecule has 4 rings (SSSR count).